The van der Waals surface area contributed by atoms with E-state index in [0.717, 1.165) is 17.3 Å². The average Bonchev–Trinajstić information content (AvgIpc) is 2.53. The molecule has 1 aromatic carbocycles. The number of nitrogens with one attached hydrogen (secondary N) is 2. The van der Waals surface area contributed by atoms with E-state index in [-0.39, 0.29) is 22.1 Å². The average molecular weight is 343 g/mol. The zero-order valence-corrected chi connectivity index (χ0v) is 14.9. The van der Waals surface area contributed by atoms with Crippen molar-refractivity contribution < 1.29 is 17.9 Å². The first-order valence-electron chi connectivity index (χ1n) is 7.44. The predicted molar refractivity (Wildman–Crippen MR) is 89.4 cm³/mol. The van der Waals surface area contributed by atoms with Crippen molar-refractivity contribution in [3.05, 3.63) is 23.8 Å². The molecule has 1 rings (SSSR count). The topological polar surface area (TPSA) is 87.7 Å². The number of benzene rings is 1. The molecule has 0 aliphatic rings. The molecule has 0 unspecified atom stereocenters. The maximum absolute atomic E-state index is 12.3. The van der Waals surface area contributed by atoms with Gasteiger partial charge in [0.05, 0.1) is 7.11 Å². The van der Waals surface area contributed by atoms with Crippen LogP contribution in [0.2, 0.25) is 0 Å². The van der Waals surface area contributed by atoms with Crippen molar-refractivity contribution >= 4 is 15.9 Å². The lowest BCUT2D eigenvalue weighted by Crippen LogP contribution is -2.32. The van der Waals surface area contributed by atoms with Gasteiger partial charge in [-0.3, -0.25) is 4.79 Å². The van der Waals surface area contributed by atoms with Gasteiger partial charge in [0.1, 0.15) is 10.6 Å². The van der Waals surface area contributed by atoms with Crippen LogP contribution in [0.4, 0.5) is 0 Å². The number of ether oxygens (including phenoxy) is 1. The quantitative estimate of drug-likeness (QED) is 0.644. The summed E-state index contributed by atoms with van der Waals surface area (Å²) in [6.07, 6.45) is 1.03. The first kappa shape index (κ1) is 19.4. The van der Waals surface area contributed by atoms with E-state index in [2.05, 4.69) is 17.6 Å². The van der Waals surface area contributed by atoms with E-state index < -0.39 is 10.0 Å². The van der Waals surface area contributed by atoms with Crippen molar-refractivity contribution in [3.8, 4) is 5.75 Å². The van der Waals surface area contributed by atoms with Crippen molar-refractivity contribution in [1.82, 2.24) is 14.9 Å². The van der Waals surface area contributed by atoms with E-state index in [0.29, 0.717) is 13.1 Å². The summed E-state index contributed by atoms with van der Waals surface area (Å²) in [5.41, 5.74) is 0.279. The van der Waals surface area contributed by atoms with E-state index in [1.807, 2.05) is 0 Å². The molecule has 0 aromatic heterocycles. The Morgan fingerprint density at radius 3 is 2.48 bits per heavy atom. The molecule has 130 valence electrons. The van der Waals surface area contributed by atoms with E-state index in [9.17, 15) is 13.2 Å². The summed E-state index contributed by atoms with van der Waals surface area (Å²) in [4.78, 5) is 12.1. The number of carbonyl (C=O) groups excluding carboxylic acids is 1. The molecule has 0 aliphatic heterocycles. The third-order valence-corrected chi connectivity index (χ3v) is 5.03. The van der Waals surface area contributed by atoms with Crippen LogP contribution in [-0.2, 0) is 10.0 Å². The Bertz CT molecular complexity index is 630. The molecule has 0 saturated carbocycles. The summed E-state index contributed by atoms with van der Waals surface area (Å²) in [6, 6.07) is 4.37. The van der Waals surface area contributed by atoms with Crippen molar-refractivity contribution in [2.75, 3.05) is 40.8 Å². The Morgan fingerprint density at radius 2 is 1.91 bits per heavy atom. The van der Waals surface area contributed by atoms with Crippen molar-refractivity contribution in [3.63, 3.8) is 0 Å². The Labute approximate surface area is 138 Å². The summed E-state index contributed by atoms with van der Waals surface area (Å²) in [5, 5.41) is 5.93. The van der Waals surface area contributed by atoms with Gasteiger partial charge < -0.3 is 15.4 Å². The van der Waals surface area contributed by atoms with Gasteiger partial charge in [-0.25, -0.2) is 12.7 Å². The van der Waals surface area contributed by atoms with Gasteiger partial charge in [-0.2, -0.15) is 0 Å². The first-order chi connectivity index (χ1) is 10.8. The molecule has 0 bridgehead atoms. The van der Waals surface area contributed by atoms with Gasteiger partial charge in [-0.05, 0) is 31.2 Å². The van der Waals surface area contributed by atoms with Crippen LogP contribution < -0.4 is 15.4 Å². The number of carbonyl (C=O) groups is 1. The minimum absolute atomic E-state index is 0.0262. The highest BCUT2D eigenvalue weighted by Gasteiger charge is 2.23. The second kappa shape index (κ2) is 8.85. The number of amides is 1. The van der Waals surface area contributed by atoms with Crippen LogP contribution >= 0.6 is 0 Å². The van der Waals surface area contributed by atoms with Crippen LogP contribution in [0.3, 0.4) is 0 Å². The zero-order valence-electron chi connectivity index (χ0n) is 14.0. The van der Waals surface area contributed by atoms with Crippen molar-refractivity contribution in [2.24, 2.45) is 0 Å². The summed E-state index contributed by atoms with van der Waals surface area (Å²) in [7, 11) is 0.563. The summed E-state index contributed by atoms with van der Waals surface area (Å²) >= 11 is 0. The molecule has 1 aromatic rings. The normalized spacial score (nSPS) is 11.5. The van der Waals surface area contributed by atoms with E-state index in [4.69, 9.17) is 4.74 Å². The monoisotopic (exact) mass is 343 g/mol. The third kappa shape index (κ3) is 5.19. The van der Waals surface area contributed by atoms with Crippen molar-refractivity contribution in [2.45, 2.75) is 18.2 Å². The van der Waals surface area contributed by atoms with Crippen LogP contribution in [0, 0.1) is 0 Å². The number of nitrogens with zero attached hydrogens (tertiary/aromatic N) is 1. The van der Waals surface area contributed by atoms with E-state index >= 15 is 0 Å². The van der Waals surface area contributed by atoms with E-state index in [1.165, 1.54) is 33.3 Å². The Morgan fingerprint density at radius 1 is 1.22 bits per heavy atom. The number of methoxy groups -OCH3 is 1. The largest absolute Gasteiger partial charge is 0.495 e. The second-order valence-electron chi connectivity index (χ2n) is 5.16. The summed E-state index contributed by atoms with van der Waals surface area (Å²) in [6.45, 7) is 4.10. The number of hydrogen-bond donors (Lipinski definition) is 2. The molecule has 0 radical (unpaired) electrons. The molecule has 23 heavy (non-hydrogen) atoms. The molecule has 1 amide bonds. The lowest BCUT2D eigenvalue weighted by Gasteiger charge is -2.15. The van der Waals surface area contributed by atoms with Crippen LogP contribution in [0.15, 0.2) is 23.1 Å². The van der Waals surface area contributed by atoms with Crippen molar-refractivity contribution in [1.29, 1.82) is 0 Å². The molecule has 0 spiro atoms. The third-order valence-electron chi connectivity index (χ3n) is 3.20. The SMILES string of the molecule is CCCNCCNC(=O)c1ccc(OC)c(S(=O)(=O)N(C)C)c1. The Balaban J connectivity index is 2.91. The van der Waals surface area contributed by atoms with Gasteiger partial charge in [0.2, 0.25) is 10.0 Å². The smallest absolute Gasteiger partial charge is 0.251 e. The fourth-order valence-corrected chi connectivity index (χ4v) is 2.96. The van der Waals surface area contributed by atoms with E-state index in [1.54, 1.807) is 6.07 Å². The number of rotatable bonds is 9. The molecule has 0 atom stereocenters. The number of hydrogen-bond acceptors (Lipinski definition) is 5. The standard InChI is InChI=1S/C15H25N3O4S/c1-5-8-16-9-10-17-15(19)12-6-7-13(22-4)14(11-12)23(20,21)18(2)3/h6-7,11,16H,5,8-10H2,1-4H3,(H,17,19). The fourth-order valence-electron chi connectivity index (χ4n) is 1.88. The minimum Gasteiger partial charge on any atom is -0.495 e. The molecule has 2 N–H and O–H groups in total. The molecule has 0 aliphatic carbocycles. The second-order valence-corrected chi connectivity index (χ2v) is 7.28. The predicted octanol–water partition coefficient (Wildman–Crippen LogP) is 0.675. The lowest BCUT2D eigenvalue weighted by atomic mass is 10.2. The summed E-state index contributed by atoms with van der Waals surface area (Å²) < 4.78 is 30.8. The molecular weight excluding hydrogens is 318 g/mol. The Kier molecular flexibility index (Phi) is 7.47. The molecule has 7 nitrogen and oxygen atoms in total. The molecule has 0 saturated heterocycles. The molecule has 8 heteroatoms. The highest BCUT2D eigenvalue weighted by Crippen LogP contribution is 2.26. The van der Waals surface area contributed by atoms with Gasteiger partial charge in [-0.15, -0.1) is 0 Å². The molecule has 0 fully saturated rings. The maximum Gasteiger partial charge on any atom is 0.251 e. The maximum atomic E-state index is 12.3. The highest BCUT2D eigenvalue weighted by molar-refractivity contribution is 7.89. The first-order valence-corrected chi connectivity index (χ1v) is 8.88. The lowest BCUT2D eigenvalue weighted by molar-refractivity contribution is 0.0953. The highest BCUT2D eigenvalue weighted by atomic mass is 32.2. The molecule has 0 heterocycles. The molecular formula is C15H25N3O4S. The van der Waals surface area contributed by atoms with Gasteiger partial charge in [0.15, 0.2) is 0 Å². The summed E-state index contributed by atoms with van der Waals surface area (Å²) in [5.74, 6) is -0.110. The zero-order chi connectivity index (χ0) is 17.5. The minimum atomic E-state index is -3.69. The van der Waals surface area contributed by atoms with Crippen LogP contribution in [0.5, 0.6) is 5.75 Å². The van der Waals surface area contributed by atoms with Crippen LogP contribution in [-0.4, -0.2) is 59.5 Å². The number of sulfonamides is 1. The Hall–Kier alpha value is -1.64. The van der Waals surface area contributed by atoms with Crippen LogP contribution in [0.25, 0.3) is 0 Å². The van der Waals surface area contributed by atoms with Gasteiger partial charge >= 0.3 is 0 Å². The van der Waals surface area contributed by atoms with Gasteiger partial charge in [0, 0.05) is 32.7 Å². The fraction of sp³-hybridized carbons (Fsp3) is 0.533. The van der Waals surface area contributed by atoms with Gasteiger partial charge in [-0.1, -0.05) is 6.92 Å². The van der Waals surface area contributed by atoms with Crippen LogP contribution in [0.1, 0.15) is 23.7 Å². The van der Waals surface area contributed by atoms with Gasteiger partial charge in [0.25, 0.3) is 5.91 Å².